The van der Waals surface area contributed by atoms with Crippen LogP contribution in [0.5, 0.6) is 0 Å². The monoisotopic (exact) mass is 325 g/mol. The van der Waals surface area contributed by atoms with Crippen LogP contribution in [-0.4, -0.2) is 65.6 Å². The van der Waals surface area contributed by atoms with Crippen molar-refractivity contribution < 1.29 is 4.42 Å². The molecule has 2 aromatic heterocycles. The van der Waals surface area contributed by atoms with E-state index in [1.807, 2.05) is 24.3 Å². The largest absolute Gasteiger partial charge is 0.450 e. The van der Waals surface area contributed by atoms with E-state index in [9.17, 15) is 0 Å². The van der Waals surface area contributed by atoms with Gasteiger partial charge >= 0.3 is 0 Å². The predicted octanol–water partition coefficient (Wildman–Crippen LogP) is 2.42. The third kappa shape index (κ3) is 2.95. The van der Waals surface area contributed by atoms with Gasteiger partial charge in [-0.2, -0.15) is 0 Å². The van der Waals surface area contributed by atoms with Gasteiger partial charge in [-0.25, -0.2) is 9.97 Å². The molecule has 1 aliphatic heterocycles. The van der Waals surface area contributed by atoms with Crippen molar-refractivity contribution in [3.63, 3.8) is 0 Å². The SMILES string of the molecule is CC(CN1CCN(C)CC1)Nc1ncnc2c1oc1ccccc12. The number of aromatic nitrogens is 2. The molecule has 0 saturated carbocycles. The number of anilines is 1. The molecule has 126 valence electrons. The first kappa shape index (κ1) is 15.4. The van der Waals surface area contributed by atoms with E-state index in [1.54, 1.807) is 6.33 Å². The number of benzene rings is 1. The van der Waals surface area contributed by atoms with Crippen LogP contribution in [-0.2, 0) is 0 Å². The van der Waals surface area contributed by atoms with Crippen molar-refractivity contribution in [1.82, 2.24) is 19.8 Å². The molecule has 1 aliphatic rings. The van der Waals surface area contributed by atoms with Crippen LogP contribution in [0.15, 0.2) is 35.0 Å². The van der Waals surface area contributed by atoms with Gasteiger partial charge in [0.15, 0.2) is 11.4 Å². The topological polar surface area (TPSA) is 57.4 Å². The summed E-state index contributed by atoms with van der Waals surface area (Å²) >= 11 is 0. The molecule has 0 aliphatic carbocycles. The minimum Gasteiger partial charge on any atom is -0.450 e. The Morgan fingerprint density at radius 1 is 1.17 bits per heavy atom. The lowest BCUT2D eigenvalue weighted by atomic mass is 10.2. The summed E-state index contributed by atoms with van der Waals surface area (Å²) < 4.78 is 5.98. The lowest BCUT2D eigenvalue weighted by Gasteiger charge is -2.34. The number of nitrogens with zero attached hydrogens (tertiary/aromatic N) is 4. The number of likely N-dealkylation sites (N-methyl/N-ethyl adjacent to an activating group) is 1. The molecule has 6 heteroatoms. The van der Waals surface area contributed by atoms with Crippen LogP contribution in [0.2, 0.25) is 0 Å². The van der Waals surface area contributed by atoms with Gasteiger partial charge in [0, 0.05) is 44.2 Å². The molecule has 6 nitrogen and oxygen atoms in total. The number of hydrogen-bond donors (Lipinski definition) is 1. The zero-order valence-electron chi connectivity index (χ0n) is 14.2. The Morgan fingerprint density at radius 2 is 1.96 bits per heavy atom. The second-order valence-corrected chi connectivity index (χ2v) is 6.65. The second kappa shape index (κ2) is 6.37. The van der Waals surface area contributed by atoms with E-state index in [-0.39, 0.29) is 0 Å². The lowest BCUT2D eigenvalue weighted by molar-refractivity contribution is 0.151. The van der Waals surface area contributed by atoms with E-state index in [1.165, 1.54) is 0 Å². The quantitative estimate of drug-likeness (QED) is 0.795. The van der Waals surface area contributed by atoms with Gasteiger partial charge in [0.25, 0.3) is 0 Å². The number of furan rings is 1. The summed E-state index contributed by atoms with van der Waals surface area (Å²) in [6.07, 6.45) is 1.61. The first-order chi connectivity index (χ1) is 11.7. The van der Waals surface area contributed by atoms with Crippen LogP contribution in [0.25, 0.3) is 22.1 Å². The molecule has 1 fully saturated rings. The first-order valence-electron chi connectivity index (χ1n) is 8.50. The minimum atomic E-state index is 0.291. The molecule has 3 aromatic rings. The Bertz CT molecular complexity index is 838. The molecule has 1 atom stereocenters. The number of hydrogen-bond acceptors (Lipinski definition) is 6. The number of piperazine rings is 1. The van der Waals surface area contributed by atoms with Gasteiger partial charge in [0.2, 0.25) is 0 Å². The third-order valence-electron chi connectivity index (χ3n) is 4.67. The number of nitrogens with one attached hydrogen (secondary N) is 1. The van der Waals surface area contributed by atoms with E-state index < -0.39 is 0 Å². The molecule has 0 radical (unpaired) electrons. The van der Waals surface area contributed by atoms with Crippen LogP contribution < -0.4 is 5.32 Å². The normalized spacial score (nSPS) is 18.2. The molecular formula is C18H23N5O. The molecule has 1 unspecified atom stereocenters. The highest BCUT2D eigenvalue weighted by Gasteiger charge is 2.18. The molecule has 1 N–H and O–H groups in total. The van der Waals surface area contributed by atoms with Crippen molar-refractivity contribution >= 4 is 27.9 Å². The Morgan fingerprint density at radius 3 is 2.79 bits per heavy atom. The van der Waals surface area contributed by atoms with Crippen LogP contribution in [0.1, 0.15) is 6.92 Å². The van der Waals surface area contributed by atoms with Crippen LogP contribution >= 0.6 is 0 Å². The average Bonchev–Trinajstić information content (AvgIpc) is 2.97. The van der Waals surface area contributed by atoms with Gasteiger partial charge in [-0.05, 0) is 26.1 Å². The summed E-state index contributed by atoms with van der Waals surface area (Å²) in [5, 5.41) is 4.54. The minimum absolute atomic E-state index is 0.291. The molecule has 24 heavy (non-hydrogen) atoms. The fourth-order valence-corrected chi connectivity index (χ4v) is 3.32. The lowest BCUT2D eigenvalue weighted by Crippen LogP contribution is -2.47. The molecule has 0 bridgehead atoms. The smallest absolute Gasteiger partial charge is 0.196 e. The van der Waals surface area contributed by atoms with Crippen molar-refractivity contribution in [2.45, 2.75) is 13.0 Å². The molecule has 1 aromatic carbocycles. The zero-order chi connectivity index (χ0) is 16.5. The summed E-state index contributed by atoms with van der Waals surface area (Å²) in [5.41, 5.74) is 2.46. The van der Waals surface area contributed by atoms with Crippen LogP contribution in [0.3, 0.4) is 0 Å². The highest BCUT2D eigenvalue weighted by atomic mass is 16.3. The number of fused-ring (bicyclic) bond motifs is 3. The Hall–Kier alpha value is -2.18. The summed E-state index contributed by atoms with van der Waals surface area (Å²) in [7, 11) is 2.18. The Balaban J connectivity index is 1.53. The van der Waals surface area contributed by atoms with Gasteiger partial charge in [0.1, 0.15) is 17.4 Å². The van der Waals surface area contributed by atoms with Gasteiger partial charge in [0.05, 0.1) is 0 Å². The molecule has 0 amide bonds. The molecule has 4 rings (SSSR count). The summed E-state index contributed by atoms with van der Waals surface area (Å²) in [4.78, 5) is 13.7. The molecular weight excluding hydrogens is 302 g/mol. The fraction of sp³-hybridized carbons (Fsp3) is 0.444. The molecule has 3 heterocycles. The van der Waals surface area contributed by atoms with Crippen LogP contribution in [0, 0.1) is 0 Å². The Kier molecular flexibility index (Phi) is 4.08. The van der Waals surface area contributed by atoms with Crippen molar-refractivity contribution in [3.05, 3.63) is 30.6 Å². The predicted molar refractivity (Wildman–Crippen MR) is 96.3 cm³/mol. The van der Waals surface area contributed by atoms with E-state index in [2.05, 4.69) is 39.1 Å². The van der Waals surface area contributed by atoms with Crippen molar-refractivity contribution in [2.75, 3.05) is 45.1 Å². The maximum Gasteiger partial charge on any atom is 0.196 e. The van der Waals surface area contributed by atoms with E-state index in [0.29, 0.717) is 6.04 Å². The van der Waals surface area contributed by atoms with Gasteiger partial charge in [-0.3, -0.25) is 4.90 Å². The number of rotatable bonds is 4. The van der Waals surface area contributed by atoms with E-state index in [0.717, 1.165) is 60.6 Å². The van der Waals surface area contributed by atoms with Gasteiger partial charge < -0.3 is 14.6 Å². The zero-order valence-corrected chi connectivity index (χ0v) is 14.2. The summed E-state index contributed by atoms with van der Waals surface area (Å²) in [6, 6.07) is 8.27. The van der Waals surface area contributed by atoms with Crippen molar-refractivity contribution in [3.8, 4) is 0 Å². The Labute approximate surface area is 141 Å². The summed E-state index contributed by atoms with van der Waals surface area (Å²) in [5.74, 6) is 0.776. The van der Waals surface area contributed by atoms with Crippen molar-refractivity contribution in [1.29, 1.82) is 0 Å². The second-order valence-electron chi connectivity index (χ2n) is 6.65. The maximum atomic E-state index is 5.98. The maximum absolute atomic E-state index is 5.98. The van der Waals surface area contributed by atoms with E-state index in [4.69, 9.17) is 4.42 Å². The van der Waals surface area contributed by atoms with Gasteiger partial charge in [-0.15, -0.1) is 0 Å². The van der Waals surface area contributed by atoms with Crippen LogP contribution in [0.4, 0.5) is 5.82 Å². The highest BCUT2D eigenvalue weighted by Crippen LogP contribution is 2.30. The third-order valence-corrected chi connectivity index (χ3v) is 4.67. The fourth-order valence-electron chi connectivity index (χ4n) is 3.32. The molecule has 0 spiro atoms. The van der Waals surface area contributed by atoms with E-state index >= 15 is 0 Å². The van der Waals surface area contributed by atoms with Crippen molar-refractivity contribution in [2.24, 2.45) is 0 Å². The molecule has 1 saturated heterocycles. The summed E-state index contributed by atoms with van der Waals surface area (Å²) in [6.45, 7) is 7.69. The van der Waals surface area contributed by atoms with Gasteiger partial charge in [-0.1, -0.05) is 12.1 Å². The standard InChI is InChI=1S/C18H23N5O/c1-13(11-23-9-7-22(2)8-10-23)21-18-17-16(19-12-20-18)14-5-3-4-6-15(14)24-17/h3-6,12-13H,7-11H2,1-2H3,(H,19,20,21). The first-order valence-corrected chi connectivity index (χ1v) is 8.50. The average molecular weight is 325 g/mol. The number of para-hydroxylation sites is 1. The highest BCUT2D eigenvalue weighted by molar-refractivity contribution is 6.05.